The lowest BCUT2D eigenvalue weighted by Crippen LogP contribution is -2.20. The third-order valence-corrected chi connectivity index (χ3v) is 4.04. The van der Waals surface area contributed by atoms with Crippen molar-refractivity contribution in [1.29, 1.82) is 0 Å². The number of nitrogens with one attached hydrogen (secondary N) is 1. The van der Waals surface area contributed by atoms with Crippen molar-refractivity contribution in [2.45, 2.75) is 19.4 Å². The van der Waals surface area contributed by atoms with Crippen LogP contribution in [-0.4, -0.2) is 36.3 Å². The summed E-state index contributed by atoms with van der Waals surface area (Å²) in [5.74, 6) is 1.54. The van der Waals surface area contributed by atoms with E-state index in [0.717, 1.165) is 42.9 Å². The summed E-state index contributed by atoms with van der Waals surface area (Å²) < 4.78 is 13.0. The van der Waals surface area contributed by atoms with Gasteiger partial charge in [0.2, 0.25) is 5.88 Å². The lowest BCUT2D eigenvalue weighted by Gasteiger charge is -2.06. The first-order chi connectivity index (χ1) is 9.38. The summed E-state index contributed by atoms with van der Waals surface area (Å²) in [7, 11) is 1.66. The average Bonchev–Trinajstić information content (AvgIpc) is 3.02. The number of hydrogen-bond acceptors (Lipinski definition) is 5. The van der Waals surface area contributed by atoms with E-state index in [2.05, 4.69) is 14.7 Å². The number of imidazole rings is 1. The Morgan fingerprint density at radius 1 is 1.53 bits per heavy atom. The van der Waals surface area contributed by atoms with Gasteiger partial charge in [-0.1, -0.05) is 0 Å². The van der Waals surface area contributed by atoms with Crippen molar-refractivity contribution in [2.24, 2.45) is 5.92 Å². The summed E-state index contributed by atoms with van der Waals surface area (Å²) in [6.07, 6.45) is 4.71. The molecule has 2 aromatic heterocycles. The number of methoxy groups -OCH3 is 1. The Bertz CT molecular complexity index is 533. The molecule has 0 saturated heterocycles. The molecule has 0 unspecified atom stereocenters. The van der Waals surface area contributed by atoms with Crippen molar-refractivity contribution >= 4 is 16.3 Å². The van der Waals surface area contributed by atoms with E-state index in [0.29, 0.717) is 5.88 Å². The molecule has 0 amide bonds. The fourth-order valence-corrected chi connectivity index (χ4v) is 2.75. The number of nitrogens with zero attached hydrogens (tertiary/aromatic N) is 2. The van der Waals surface area contributed by atoms with Crippen LogP contribution in [0.4, 0.5) is 0 Å². The zero-order valence-corrected chi connectivity index (χ0v) is 11.9. The van der Waals surface area contributed by atoms with E-state index in [9.17, 15) is 0 Å². The number of ether oxygens (including phenoxy) is 2. The molecule has 0 spiro atoms. The van der Waals surface area contributed by atoms with Crippen molar-refractivity contribution in [3.63, 3.8) is 0 Å². The Labute approximate surface area is 116 Å². The SMILES string of the molecule is COc1nc2sccn2c1CNCCOCC1CC1. The van der Waals surface area contributed by atoms with E-state index < -0.39 is 0 Å². The molecule has 2 aromatic rings. The van der Waals surface area contributed by atoms with Crippen LogP contribution in [-0.2, 0) is 11.3 Å². The Morgan fingerprint density at radius 2 is 2.42 bits per heavy atom. The number of hydrogen-bond donors (Lipinski definition) is 1. The maximum atomic E-state index is 5.59. The predicted octanol–water partition coefficient (Wildman–Crippen LogP) is 1.92. The number of aromatic nitrogens is 2. The van der Waals surface area contributed by atoms with Crippen molar-refractivity contribution in [3.8, 4) is 5.88 Å². The molecule has 0 radical (unpaired) electrons. The first kappa shape index (κ1) is 12.9. The van der Waals surface area contributed by atoms with Gasteiger partial charge >= 0.3 is 0 Å². The minimum atomic E-state index is 0.707. The molecule has 0 aromatic carbocycles. The van der Waals surface area contributed by atoms with Crippen LogP contribution < -0.4 is 10.1 Å². The molecule has 0 aliphatic heterocycles. The van der Waals surface area contributed by atoms with Crippen molar-refractivity contribution in [3.05, 3.63) is 17.3 Å². The Balaban J connectivity index is 1.47. The summed E-state index contributed by atoms with van der Waals surface area (Å²) in [5, 5.41) is 5.41. The molecular formula is C13H19N3O2S. The second kappa shape index (κ2) is 5.90. The fraction of sp³-hybridized carbons (Fsp3) is 0.615. The highest BCUT2D eigenvalue weighted by Gasteiger charge is 2.20. The molecule has 6 heteroatoms. The summed E-state index contributed by atoms with van der Waals surface area (Å²) >= 11 is 1.61. The third-order valence-electron chi connectivity index (χ3n) is 3.28. The second-order valence-corrected chi connectivity index (χ2v) is 5.69. The van der Waals surface area contributed by atoms with Gasteiger partial charge in [-0.3, -0.25) is 4.40 Å². The quantitative estimate of drug-likeness (QED) is 0.751. The maximum absolute atomic E-state index is 5.59. The smallest absolute Gasteiger partial charge is 0.237 e. The van der Waals surface area contributed by atoms with Crippen molar-refractivity contribution in [2.75, 3.05) is 26.9 Å². The minimum absolute atomic E-state index is 0.707. The van der Waals surface area contributed by atoms with E-state index in [1.807, 2.05) is 11.6 Å². The van der Waals surface area contributed by atoms with Gasteiger partial charge in [-0.05, 0) is 18.8 Å². The van der Waals surface area contributed by atoms with Gasteiger partial charge in [-0.2, -0.15) is 4.98 Å². The molecule has 1 aliphatic carbocycles. The minimum Gasteiger partial charge on any atom is -0.480 e. The largest absolute Gasteiger partial charge is 0.480 e. The van der Waals surface area contributed by atoms with Crippen LogP contribution >= 0.6 is 11.3 Å². The zero-order valence-electron chi connectivity index (χ0n) is 11.1. The fourth-order valence-electron chi connectivity index (χ4n) is 2.02. The normalized spacial score (nSPS) is 15.2. The Kier molecular flexibility index (Phi) is 4.00. The van der Waals surface area contributed by atoms with Crippen LogP contribution in [0.1, 0.15) is 18.5 Å². The lowest BCUT2D eigenvalue weighted by molar-refractivity contribution is 0.126. The molecular weight excluding hydrogens is 262 g/mol. The third kappa shape index (κ3) is 3.08. The van der Waals surface area contributed by atoms with E-state index >= 15 is 0 Å². The van der Waals surface area contributed by atoms with Gasteiger partial charge < -0.3 is 14.8 Å². The summed E-state index contributed by atoms with van der Waals surface area (Å²) in [6.45, 7) is 3.29. The zero-order chi connectivity index (χ0) is 13.1. The number of rotatable bonds is 8. The van der Waals surface area contributed by atoms with Crippen molar-refractivity contribution in [1.82, 2.24) is 14.7 Å². The standard InChI is InChI=1S/C13H19N3O2S/c1-17-12-11(16-5-7-19-13(16)15-12)8-14-4-6-18-9-10-2-3-10/h5,7,10,14H,2-4,6,8-9H2,1H3. The lowest BCUT2D eigenvalue weighted by atomic mass is 10.4. The van der Waals surface area contributed by atoms with Gasteiger partial charge in [-0.25, -0.2) is 0 Å². The predicted molar refractivity (Wildman–Crippen MR) is 74.9 cm³/mol. The first-order valence-electron chi connectivity index (χ1n) is 6.65. The van der Waals surface area contributed by atoms with Crippen LogP contribution in [0, 0.1) is 5.92 Å². The monoisotopic (exact) mass is 281 g/mol. The van der Waals surface area contributed by atoms with Crippen LogP contribution in [0.3, 0.4) is 0 Å². The molecule has 0 bridgehead atoms. The summed E-state index contributed by atoms with van der Waals surface area (Å²) in [5.41, 5.74) is 1.07. The highest BCUT2D eigenvalue weighted by Crippen LogP contribution is 2.28. The molecule has 2 heterocycles. The van der Waals surface area contributed by atoms with Crippen LogP contribution in [0.5, 0.6) is 5.88 Å². The second-order valence-electron chi connectivity index (χ2n) is 4.82. The maximum Gasteiger partial charge on any atom is 0.237 e. The number of thiazole rings is 1. The van der Waals surface area contributed by atoms with Crippen LogP contribution in [0.2, 0.25) is 0 Å². The van der Waals surface area contributed by atoms with Gasteiger partial charge in [-0.15, -0.1) is 11.3 Å². The van der Waals surface area contributed by atoms with Gasteiger partial charge in [0.1, 0.15) is 5.69 Å². The van der Waals surface area contributed by atoms with Gasteiger partial charge in [0.05, 0.1) is 13.7 Å². The Morgan fingerprint density at radius 3 is 3.21 bits per heavy atom. The molecule has 1 aliphatic rings. The van der Waals surface area contributed by atoms with E-state index in [1.54, 1.807) is 18.4 Å². The Hall–Kier alpha value is -1.11. The topological polar surface area (TPSA) is 47.8 Å². The van der Waals surface area contributed by atoms with Crippen LogP contribution in [0.15, 0.2) is 11.6 Å². The average molecular weight is 281 g/mol. The van der Waals surface area contributed by atoms with Gasteiger partial charge in [0, 0.05) is 31.3 Å². The molecule has 3 rings (SSSR count). The summed E-state index contributed by atoms with van der Waals surface area (Å²) in [6, 6.07) is 0. The summed E-state index contributed by atoms with van der Waals surface area (Å²) in [4.78, 5) is 5.40. The highest BCUT2D eigenvalue weighted by molar-refractivity contribution is 7.15. The molecule has 1 fully saturated rings. The van der Waals surface area contributed by atoms with E-state index in [-0.39, 0.29) is 0 Å². The molecule has 0 atom stereocenters. The van der Waals surface area contributed by atoms with E-state index in [1.165, 1.54) is 12.8 Å². The molecule has 19 heavy (non-hydrogen) atoms. The highest BCUT2D eigenvalue weighted by atomic mass is 32.1. The molecule has 1 N–H and O–H groups in total. The van der Waals surface area contributed by atoms with E-state index in [4.69, 9.17) is 9.47 Å². The van der Waals surface area contributed by atoms with Crippen LogP contribution in [0.25, 0.3) is 4.96 Å². The van der Waals surface area contributed by atoms with Gasteiger partial charge in [0.25, 0.3) is 0 Å². The van der Waals surface area contributed by atoms with Crippen molar-refractivity contribution < 1.29 is 9.47 Å². The first-order valence-corrected chi connectivity index (χ1v) is 7.53. The van der Waals surface area contributed by atoms with Gasteiger partial charge in [0.15, 0.2) is 4.96 Å². The number of fused-ring (bicyclic) bond motifs is 1. The molecule has 104 valence electrons. The molecule has 5 nitrogen and oxygen atoms in total. The molecule has 1 saturated carbocycles.